The van der Waals surface area contributed by atoms with E-state index in [-0.39, 0.29) is 0 Å². The third kappa shape index (κ3) is 2.33. The molecule has 1 heterocycles. The predicted molar refractivity (Wildman–Crippen MR) is 63.4 cm³/mol. The summed E-state index contributed by atoms with van der Waals surface area (Å²) in [7, 11) is 0. The van der Waals surface area contributed by atoms with Crippen LogP contribution in [-0.4, -0.2) is 14.8 Å². The van der Waals surface area contributed by atoms with Crippen LogP contribution in [0.2, 0.25) is 0 Å². The quantitative estimate of drug-likeness (QED) is 0.901. The lowest BCUT2D eigenvalue weighted by atomic mass is 9.85. The number of nitrogens with two attached hydrogens (primary N) is 1. The zero-order valence-corrected chi connectivity index (χ0v) is 10.6. The van der Waals surface area contributed by atoms with Gasteiger partial charge in [0.1, 0.15) is 0 Å². The Hall–Kier alpha value is -0.580. The van der Waals surface area contributed by atoms with E-state index in [1.54, 1.807) is 0 Å². The minimum absolute atomic E-state index is 0.361. The van der Waals surface area contributed by atoms with E-state index in [1.165, 1.54) is 32.1 Å². The lowest BCUT2D eigenvalue weighted by Crippen LogP contribution is -2.19. The third-order valence-corrected chi connectivity index (χ3v) is 3.89. The summed E-state index contributed by atoms with van der Waals surface area (Å²) in [6, 6.07) is 0.479. The van der Waals surface area contributed by atoms with Crippen molar-refractivity contribution < 1.29 is 0 Å². The van der Waals surface area contributed by atoms with Crippen molar-refractivity contribution in [2.45, 2.75) is 45.1 Å². The molecule has 0 atom stereocenters. The van der Waals surface area contributed by atoms with Crippen LogP contribution in [0.5, 0.6) is 0 Å². The fraction of sp³-hybridized carbons (Fsp3) is 0.800. The van der Waals surface area contributed by atoms with E-state index in [4.69, 9.17) is 5.73 Å². The van der Waals surface area contributed by atoms with Crippen LogP contribution in [0.1, 0.15) is 45.1 Å². The molecule has 1 aliphatic rings. The molecular weight excluding hydrogens is 256 g/mol. The first-order chi connectivity index (χ1) is 7.20. The van der Waals surface area contributed by atoms with Gasteiger partial charge in [-0.3, -0.25) is 0 Å². The first-order valence-corrected chi connectivity index (χ1v) is 6.37. The molecule has 15 heavy (non-hydrogen) atoms. The summed E-state index contributed by atoms with van der Waals surface area (Å²) >= 11 is 3.39. The second-order valence-electron chi connectivity index (χ2n) is 4.27. The van der Waals surface area contributed by atoms with E-state index in [1.807, 2.05) is 4.68 Å². The summed E-state index contributed by atoms with van der Waals surface area (Å²) < 4.78 is 2.70. The molecule has 2 N–H and O–H groups in total. The normalized spacial score (nSPS) is 26.8. The minimum Gasteiger partial charge on any atom is -0.366 e. The van der Waals surface area contributed by atoms with Gasteiger partial charge in [-0.2, -0.15) is 4.98 Å². The summed E-state index contributed by atoms with van der Waals surface area (Å²) in [6.07, 6.45) is 6.29. The van der Waals surface area contributed by atoms with Crippen molar-refractivity contribution in [2.75, 3.05) is 5.73 Å². The monoisotopic (exact) mass is 272 g/mol. The number of hydrogen-bond donors (Lipinski definition) is 1. The van der Waals surface area contributed by atoms with Crippen molar-refractivity contribution in [3.63, 3.8) is 0 Å². The molecular formula is C10H17BrN4. The van der Waals surface area contributed by atoms with Crippen molar-refractivity contribution in [1.82, 2.24) is 14.8 Å². The molecule has 0 bridgehead atoms. The second kappa shape index (κ2) is 4.51. The van der Waals surface area contributed by atoms with Gasteiger partial charge in [-0.05, 0) is 47.5 Å². The van der Waals surface area contributed by atoms with Gasteiger partial charge in [-0.15, -0.1) is 5.10 Å². The Morgan fingerprint density at radius 3 is 2.53 bits per heavy atom. The van der Waals surface area contributed by atoms with Crippen LogP contribution in [0.4, 0.5) is 5.95 Å². The van der Waals surface area contributed by atoms with Crippen LogP contribution in [0.15, 0.2) is 4.73 Å². The van der Waals surface area contributed by atoms with Crippen LogP contribution in [0.3, 0.4) is 0 Å². The van der Waals surface area contributed by atoms with Crippen molar-refractivity contribution in [3.05, 3.63) is 4.73 Å². The first kappa shape index (κ1) is 10.9. The lowest BCUT2D eigenvalue weighted by molar-refractivity contribution is 0.253. The average molecular weight is 273 g/mol. The Kier molecular flexibility index (Phi) is 3.29. The fourth-order valence-electron chi connectivity index (χ4n) is 2.35. The van der Waals surface area contributed by atoms with Crippen molar-refractivity contribution in [1.29, 1.82) is 0 Å². The predicted octanol–water partition coefficient (Wildman–Crippen LogP) is 2.76. The number of nitrogen functional groups attached to an aromatic ring is 1. The number of hydrogen-bond acceptors (Lipinski definition) is 3. The Morgan fingerprint density at radius 2 is 2.07 bits per heavy atom. The molecule has 2 rings (SSSR count). The number of nitrogens with zero attached hydrogens (tertiary/aromatic N) is 3. The van der Waals surface area contributed by atoms with Crippen molar-refractivity contribution >= 4 is 21.9 Å². The molecule has 0 amide bonds. The van der Waals surface area contributed by atoms with Crippen molar-refractivity contribution in [2.24, 2.45) is 5.92 Å². The van der Waals surface area contributed by atoms with E-state index >= 15 is 0 Å². The lowest BCUT2D eigenvalue weighted by Gasteiger charge is -2.27. The van der Waals surface area contributed by atoms with Gasteiger partial charge in [0.15, 0.2) is 4.73 Å². The highest BCUT2D eigenvalue weighted by Gasteiger charge is 2.23. The Balaban J connectivity index is 2.04. The van der Waals surface area contributed by atoms with Gasteiger partial charge in [0.2, 0.25) is 5.95 Å². The summed E-state index contributed by atoms with van der Waals surface area (Å²) in [4.78, 5) is 4.07. The third-order valence-electron chi connectivity index (χ3n) is 3.35. The first-order valence-electron chi connectivity index (χ1n) is 5.58. The van der Waals surface area contributed by atoms with E-state index in [0.29, 0.717) is 12.0 Å². The molecule has 84 valence electrons. The van der Waals surface area contributed by atoms with Gasteiger partial charge in [0, 0.05) is 0 Å². The van der Waals surface area contributed by atoms with Gasteiger partial charge in [0.05, 0.1) is 6.04 Å². The number of halogens is 1. The Labute approximate surface area is 98.4 Å². The molecule has 4 nitrogen and oxygen atoms in total. The van der Waals surface area contributed by atoms with Gasteiger partial charge >= 0.3 is 0 Å². The zero-order valence-electron chi connectivity index (χ0n) is 8.99. The zero-order chi connectivity index (χ0) is 10.8. The summed E-state index contributed by atoms with van der Waals surface area (Å²) in [5.74, 6) is 1.26. The Morgan fingerprint density at radius 1 is 1.40 bits per heavy atom. The fourth-order valence-corrected chi connectivity index (χ4v) is 2.90. The molecule has 0 radical (unpaired) electrons. The molecule has 0 aliphatic heterocycles. The van der Waals surface area contributed by atoms with E-state index in [9.17, 15) is 0 Å². The molecule has 0 unspecified atom stereocenters. The van der Waals surface area contributed by atoms with Gasteiger partial charge < -0.3 is 5.73 Å². The molecule has 1 aromatic rings. The molecule has 1 aromatic heterocycles. The van der Waals surface area contributed by atoms with Crippen LogP contribution >= 0.6 is 15.9 Å². The van der Waals surface area contributed by atoms with Crippen molar-refractivity contribution in [3.8, 4) is 0 Å². The maximum absolute atomic E-state index is 5.57. The minimum atomic E-state index is 0.361. The molecule has 0 spiro atoms. The molecule has 0 aromatic carbocycles. The summed E-state index contributed by atoms with van der Waals surface area (Å²) in [6.45, 7) is 2.27. The number of anilines is 1. The van der Waals surface area contributed by atoms with Crippen LogP contribution in [0, 0.1) is 5.92 Å². The highest BCUT2D eigenvalue weighted by atomic mass is 79.9. The van der Waals surface area contributed by atoms with E-state index < -0.39 is 0 Å². The molecule has 5 heteroatoms. The van der Waals surface area contributed by atoms with Gasteiger partial charge in [0.25, 0.3) is 0 Å². The van der Waals surface area contributed by atoms with Crippen LogP contribution in [-0.2, 0) is 0 Å². The molecule has 1 fully saturated rings. The van der Waals surface area contributed by atoms with Crippen LogP contribution < -0.4 is 5.73 Å². The van der Waals surface area contributed by atoms with Crippen LogP contribution in [0.25, 0.3) is 0 Å². The Bertz CT molecular complexity index is 328. The summed E-state index contributed by atoms with van der Waals surface area (Å²) in [5, 5.41) is 4.22. The average Bonchev–Trinajstić information content (AvgIpc) is 2.58. The molecule has 1 saturated carbocycles. The highest BCUT2D eigenvalue weighted by Crippen LogP contribution is 2.34. The number of aromatic nitrogens is 3. The van der Waals surface area contributed by atoms with E-state index in [0.717, 1.165) is 10.7 Å². The van der Waals surface area contributed by atoms with E-state index in [2.05, 4.69) is 32.9 Å². The topological polar surface area (TPSA) is 56.7 Å². The largest absolute Gasteiger partial charge is 0.366 e. The maximum Gasteiger partial charge on any atom is 0.240 e. The van der Waals surface area contributed by atoms with Gasteiger partial charge in [-0.25, -0.2) is 4.68 Å². The SMILES string of the molecule is CCC1CCC(n2nc(N)nc2Br)CC1. The molecule has 0 saturated heterocycles. The second-order valence-corrected chi connectivity index (χ2v) is 4.98. The standard InChI is InChI=1S/C10H17BrN4/c1-2-7-3-5-8(6-4-7)15-9(11)13-10(12)14-15/h7-8H,2-6H2,1H3,(H2,12,14). The van der Waals surface area contributed by atoms with Gasteiger partial charge in [-0.1, -0.05) is 13.3 Å². The molecule has 1 aliphatic carbocycles. The highest BCUT2D eigenvalue weighted by molar-refractivity contribution is 9.10. The number of rotatable bonds is 2. The maximum atomic E-state index is 5.57. The smallest absolute Gasteiger partial charge is 0.240 e. The summed E-state index contributed by atoms with van der Waals surface area (Å²) in [5.41, 5.74) is 5.57.